The summed E-state index contributed by atoms with van der Waals surface area (Å²) in [6.45, 7) is 8.97. The van der Waals surface area contributed by atoms with Crippen LogP contribution in [0.1, 0.15) is 80.2 Å². The summed E-state index contributed by atoms with van der Waals surface area (Å²) < 4.78 is 5.07. The van der Waals surface area contributed by atoms with Crippen LogP contribution in [0.15, 0.2) is 89.9 Å². The molecule has 2 aliphatic heterocycles. The van der Waals surface area contributed by atoms with E-state index in [0.717, 1.165) is 76.6 Å². The van der Waals surface area contributed by atoms with E-state index in [0.29, 0.717) is 11.7 Å². The largest absolute Gasteiger partial charge is 0.311 e. The molecule has 14 heteroatoms. The Kier molecular flexibility index (Phi) is 15.4. The highest BCUT2D eigenvalue weighted by Crippen LogP contribution is 2.27. The smallest absolute Gasteiger partial charge is 0.182 e. The number of nitrogens with zero attached hydrogens (tertiary/aromatic N) is 12. The Morgan fingerprint density at radius 3 is 1.52 bits per heavy atom. The van der Waals surface area contributed by atoms with Gasteiger partial charge in [-0.15, -0.1) is 39.2 Å². The summed E-state index contributed by atoms with van der Waals surface area (Å²) in [6.07, 6.45) is 17.1. The Bertz CT molecular complexity index is 2210. The van der Waals surface area contributed by atoms with Crippen LogP contribution in [0.3, 0.4) is 0 Å². The van der Waals surface area contributed by atoms with E-state index in [4.69, 9.17) is 6.42 Å². The number of hydrogen-bond acceptors (Lipinski definition) is 10. The molecule has 6 aromatic rings. The van der Waals surface area contributed by atoms with E-state index in [9.17, 15) is 0 Å². The van der Waals surface area contributed by atoms with Crippen molar-refractivity contribution in [2.75, 3.05) is 26.2 Å². The molecule has 0 spiro atoms. The second kappa shape index (κ2) is 20.6. The van der Waals surface area contributed by atoms with Gasteiger partial charge in [0.15, 0.2) is 11.6 Å². The molecule has 2 saturated heterocycles. The Balaban J connectivity index is 0.000000181. The van der Waals surface area contributed by atoms with Crippen LogP contribution in [0.5, 0.6) is 0 Å². The lowest BCUT2D eigenvalue weighted by Gasteiger charge is -2.22. The van der Waals surface area contributed by atoms with E-state index >= 15 is 0 Å². The van der Waals surface area contributed by atoms with Gasteiger partial charge in [-0.3, -0.25) is 19.8 Å². The van der Waals surface area contributed by atoms with Gasteiger partial charge in [-0.05, 0) is 136 Å². The highest BCUT2D eigenvalue weighted by molar-refractivity contribution is 9.10. The number of hydrogen-bond donors (Lipinski definition) is 0. The Hall–Kier alpha value is -5.31. The van der Waals surface area contributed by atoms with Gasteiger partial charge in [-0.2, -0.15) is 0 Å². The summed E-state index contributed by atoms with van der Waals surface area (Å²) in [5, 5.41) is 17.5. The van der Waals surface area contributed by atoms with Gasteiger partial charge in [0.25, 0.3) is 0 Å². The summed E-state index contributed by atoms with van der Waals surface area (Å²) in [5.41, 5.74) is 3.93. The molecule has 8 heterocycles. The Morgan fingerprint density at radius 1 is 0.607 bits per heavy atom. The maximum Gasteiger partial charge on any atom is 0.182 e. The first-order chi connectivity index (χ1) is 26.8. The van der Waals surface area contributed by atoms with Gasteiger partial charge >= 0.3 is 0 Å². The monoisotopic (exact) mass is 832 g/mol. The van der Waals surface area contributed by atoms with Gasteiger partial charge in [0, 0.05) is 48.9 Å². The molecule has 0 aromatic carbocycles. The van der Waals surface area contributed by atoms with Gasteiger partial charge in [-0.1, -0.05) is 24.0 Å². The van der Waals surface area contributed by atoms with E-state index in [1.165, 1.54) is 25.7 Å². The number of halogens is 2. The fraction of sp³-hybridized carbons (Fsp3) is 0.333. The minimum atomic E-state index is 0. The third kappa shape index (κ3) is 10.7. The highest BCUT2D eigenvalue weighted by Gasteiger charge is 2.26. The summed E-state index contributed by atoms with van der Waals surface area (Å²) in [7, 11) is 4.02. The van der Waals surface area contributed by atoms with Crippen LogP contribution in [-0.2, 0) is 14.1 Å². The average Bonchev–Trinajstić information content (AvgIpc) is 4.08. The number of pyridine rings is 4. The number of rotatable bonds is 6. The molecule has 2 unspecified atom stereocenters. The molecular weight excluding hydrogens is 788 g/mol. The van der Waals surface area contributed by atoms with Crippen molar-refractivity contribution in [2.45, 2.75) is 51.6 Å². The van der Waals surface area contributed by atoms with Crippen LogP contribution in [0.4, 0.5) is 0 Å². The standard InChI is InChI=1S/C21H22N6.C14H18BrN5.C7H5N.ClH/c1-16(27-13-5-6-14-27)20-24-25-21(26(20)2)19-11-9-17(15-23-19)8-10-18-7-3-4-12-22-18;1-10(20-7-3-4-8-20)13-17-18-14(19(13)2)12-6-5-11(15)9-16-12;1-2-7-5-3-4-6-8-7;/h3-4,7,9,11-12,15-16H,5-6,13-14H2,1-2H3;5-6,9-10H,3-4,7-8H2,1-2H3;1,3-6H;1H. The zero-order valence-corrected chi connectivity index (χ0v) is 34.5. The number of aromatic nitrogens is 10. The first-order valence-corrected chi connectivity index (χ1v) is 19.3. The third-order valence-electron chi connectivity index (χ3n) is 9.70. The van der Waals surface area contributed by atoms with Gasteiger partial charge < -0.3 is 9.13 Å². The lowest BCUT2D eigenvalue weighted by molar-refractivity contribution is 0.249. The summed E-state index contributed by atoms with van der Waals surface area (Å²) in [6, 6.07) is 19.6. The molecule has 8 rings (SSSR count). The highest BCUT2D eigenvalue weighted by atomic mass is 79.9. The van der Waals surface area contributed by atoms with Crippen LogP contribution in [0, 0.1) is 24.2 Å². The topological polar surface area (TPSA) is 119 Å². The molecule has 288 valence electrons. The maximum atomic E-state index is 5.04. The summed E-state index contributed by atoms with van der Waals surface area (Å²) in [5.74, 6) is 12.1. The van der Waals surface area contributed by atoms with Crippen LogP contribution in [0.2, 0.25) is 0 Å². The average molecular weight is 834 g/mol. The van der Waals surface area contributed by atoms with Gasteiger partial charge in [-0.25, -0.2) is 9.97 Å². The number of terminal acetylenes is 1. The fourth-order valence-electron chi connectivity index (χ4n) is 6.57. The Labute approximate surface area is 343 Å². The fourth-order valence-corrected chi connectivity index (χ4v) is 6.80. The van der Waals surface area contributed by atoms with E-state index in [1.54, 1.807) is 30.9 Å². The number of likely N-dealkylation sites (tertiary alicyclic amines) is 2. The predicted molar refractivity (Wildman–Crippen MR) is 224 cm³/mol. The molecule has 56 heavy (non-hydrogen) atoms. The van der Waals surface area contributed by atoms with Crippen LogP contribution >= 0.6 is 28.3 Å². The first kappa shape index (κ1) is 41.8. The molecule has 6 aromatic heterocycles. The SMILES string of the molecule is C#Cc1ccccn1.CC(c1nnc(-c2ccc(Br)cn2)n1C)N1CCCC1.CC(c1nnc(-c2ccc(C#Cc3ccccn3)cn2)n1C)N1CCCC1.Cl. The lowest BCUT2D eigenvalue weighted by atomic mass is 10.2. The molecular formula is C42H46BrClN12. The molecule has 2 fully saturated rings. The van der Waals surface area contributed by atoms with Crippen molar-refractivity contribution in [1.82, 2.24) is 59.3 Å². The van der Waals surface area contributed by atoms with Gasteiger partial charge in [0.1, 0.15) is 34.4 Å². The van der Waals surface area contributed by atoms with Crippen molar-refractivity contribution >= 4 is 28.3 Å². The minimum Gasteiger partial charge on any atom is -0.311 e. The molecule has 12 nitrogen and oxygen atoms in total. The molecule has 2 atom stereocenters. The van der Waals surface area contributed by atoms with Crippen molar-refractivity contribution in [3.8, 4) is 47.2 Å². The van der Waals surface area contributed by atoms with E-state index < -0.39 is 0 Å². The van der Waals surface area contributed by atoms with Crippen molar-refractivity contribution in [1.29, 1.82) is 0 Å². The molecule has 0 N–H and O–H groups in total. The zero-order chi connectivity index (χ0) is 38.6. The maximum absolute atomic E-state index is 5.04. The minimum absolute atomic E-state index is 0. The van der Waals surface area contributed by atoms with Crippen molar-refractivity contribution in [3.63, 3.8) is 0 Å². The molecule has 0 aliphatic carbocycles. The van der Waals surface area contributed by atoms with E-state index in [2.05, 4.69) is 102 Å². The van der Waals surface area contributed by atoms with Gasteiger partial charge in [0.2, 0.25) is 0 Å². The summed E-state index contributed by atoms with van der Waals surface area (Å²) >= 11 is 3.40. The normalized spacial score (nSPS) is 14.8. The molecule has 0 amide bonds. The Morgan fingerprint density at radius 2 is 1.11 bits per heavy atom. The van der Waals surface area contributed by atoms with Gasteiger partial charge in [0.05, 0.1) is 12.1 Å². The van der Waals surface area contributed by atoms with Crippen LogP contribution < -0.4 is 0 Å². The second-order valence-electron chi connectivity index (χ2n) is 13.3. The van der Waals surface area contributed by atoms with Crippen LogP contribution in [-0.4, -0.2) is 85.4 Å². The predicted octanol–water partition coefficient (Wildman–Crippen LogP) is 7.11. The van der Waals surface area contributed by atoms with E-state index in [-0.39, 0.29) is 18.4 Å². The van der Waals surface area contributed by atoms with Crippen molar-refractivity contribution in [2.24, 2.45) is 14.1 Å². The van der Waals surface area contributed by atoms with E-state index in [1.807, 2.05) is 73.3 Å². The summed E-state index contributed by atoms with van der Waals surface area (Å²) in [4.78, 5) is 21.9. The molecule has 2 aliphatic rings. The molecule has 0 radical (unpaired) electrons. The van der Waals surface area contributed by atoms with Crippen molar-refractivity contribution in [3.05, 3.63) is 119 Å². The quantitative estimate of drug-likeness (QED) is 0.161. The molecule has 0 bridgehead atoms. The first-order valence-electron chi connectivity index (χ1n) is 18.5. The molecule has 0 saturated carbocycles. The van der Waals surface area contributed by atoms with Crippen molar-refractivity contribution < 1.29 is 0 Å². The van der Waals surface area contributed by atoms with Crippen LogP contribution in [0.25, 0.3) is 23.0 Å². The lowest BCUT2D eigenvalue weighted by Crippen LogP contribution is -2.25. The second-order valence-corrected chi connectivity index (χ2v) is 14.3. The third-order valence-corrected chi connectivity index (χ3v) is 10.2. The zero-order valence-electron chi connectivity index (χ0n) is 32.1.